The molecule has 3 aromatic rings. The molecule has 0 saturated heterocycles. The van der Waals surface area contributed by atoms with Crippen molar-refractivity contribution in [2.24, 2.45) is 0 Å². The van der Waals surface area contributed by atoms with Crippen LogP contribution in [0.2, 0.25) is 0 Å². The highest BCUT2D eigenvalue weighted by Crippen LogP contribution is 2.23. The minimum Gasteiger partial charge on any atom is -0.347 e. The molecule has 0 saturated carbocycles. The first-order valence-corrected chi connectivity index (χ1v) is 8.79. The highest BCUT2D eigenvalue weighted by molar-refractivity contribution is 5.98. The molecule has 27 heavy (non-hydrogen) atoms. The highest BCUT2D eigenvalue weighted by Gasteiger charge is 2.23. The van der Waals surface area contributed by atoms with Crippen molar-refractivity contribution in [1.29, 1.82) is 0 Å². The molecule has 4 rings (SSSR count). The molecule has 3 N–H and O–H groups in total. The second-order valence-electron chi connectivity index (χ2n) is 6.43. The van der Waals surface area contributed by atoms with E-state index in [-0.39, 0.29) is 23.7 Å². The number of hydrogen-bond acceptors (Lipinski definition) is 2. The van der Waals surface area contributed by atoms with Crippen molar-refractivity contribution < 1.29 is 9.59 Å². The Balaban J connectivity index is 1.54. The maximum Gasteiger partial charge on any atom is 0.320 e. The first-order valence-electron chi connectivity index (χ1n) is 8.79. The van der Waals surface area contributed by atoms with E-state index in [0.29, 0.717) is 6.54 Å². The number of urea groups is 1. The molecule has 0 spiro atoms. The summed E-state index contributed by atoms with van der Waals surface area (Å²) in [5.41, 5.74) is 2.18. The highest BCUT2D eigenvalue weighted by atomic mass is 16.2. The minimum absolute atomic E-state index is 0.257. The Morgan fingerprint density at radius 1 is 0.926 bits per heavy atom. The average Bonchev–Trinajstić information content (AvgIpc) is 2.72. The number of benzene rings is 3. The summed E-state index contributed by atoms with van der Waals surface area (Å²) in [4.78, 5) is 24.5. The maximum absolute atomic E-state index is 12.5. The zero-order valence-corrected chi connectivity index (χ0v) is 14.6. The third kappa shape index (κ3) is 3.82. The van der Waals surface area contributed by atoms with E-state index in [1.54, 1.807) is 6.08 Å². The fraction of sp³-hybridized carbons (Fsp3) is 0.0909. The van der Waals surface area contributed by atoms with E-state index in [1.165, 1.54) is 0 Å². The second-order valence-corrected chi connectivity index (χ2v) is 6.43. The normalized spacial score (nSPS) is 16.2. The first kappa shape index (κ1) is 16.8. The summed E-state index contributed by atoms with van der Waals surface area (Å²) in [5.74, 6) is -0.306. The van der Waals surface area contributed by atoms with E-state index in [1.807, 2.05) is 72.8 Å². The molecule has 1 unspecified atom stereocenters. The van der Waals surface area contributed by atoms with Gasteiger partial charge < -0.3 is 16.0 Å². The van der Waals surface area contributed by atoms with Gasteiger partial charge in [0.25, 0.3) is 5.91 Å². The summed E-state index contributed by atoms with van der Waals surface area (Å²) >= 11 is 0. The number of hydrogen-bond donors (Lipinski definition) is 3. The van der Waals surface area contributed by atoms with E-state index >= 15 is 0 Å². The molecule has 134 valence electrons. The summed E-state index contributed by atoms with van der Waals surface area (Å²) in [7, 11) is 0. The Morgan fingerprint density at radius 2 is 1.67 bits per heavy atom. The quantitative estimate of drug-likeness (QED) is 0.670. The number of carbonyl (C=O) groups is 2. The van der Waals surface area contributed by atoms with Crippen LogP contribution >= 0.6 is 0 Å². The first-order chi connectivity index (χ1) is 13.2. The van der Waals surface area contributed by atoms with Crippen molar-refractivity contribution in [3.8, 4) is 0 Å². The lowest BCUT2D eigenvalue weighted by Crippen LogP contribution is -2.45. The van der Waals surface area contributed by atoms with Gasteiger partial charge in [-0.1, -0.05) is 66.7 Å². The molecule has 1 aliphatic heterocycles. The average molecular weight is 357 g/mol. The zero-order valence-electron chi connectivity index (χ0n) is 14.6. The molecule has 0 aliphatic carbocycles. The lowest BCUT2D eigenvalue weighted by Gasteiger charge is -2.23. The standard InChI is InChI=1S/C22H19N3O2/c26-21(23-14-15-6-2-1-3-7-15)20-13-19(24-22(27)25-20)18-11-10-16-8-4-5-9-17(16)12-18/h1-13,19H,14H2,(H,23,26)(H2,24,25,27). The summed E-state index contributed by atoms with van der Waals surface area (Å²) in [6.07, 6.45) is 1.74. The fourth-order valence-corrected chi connectivity index (χ4v) is 3.14. The van der Waals surface area contributed by atoms with Crippen molar-refractivity contribution in [3.63, 3.8) is 0 Å². The Morgan fingerprint density at radius 3 is 2.48 bits per heavy atom. The van der Waals surface area contributed by atoms with E-state index in [0.717, 1.165) is 21.9 Å². The van der Waals surface area contributed by atoms with Crippen molar-refractivity contribution in [2.45, 2.75) is 12.6 Å². The van der Waals surface area contributed by atoms with Gasteiger partial charge in [-0.3, -0.25) is 4.79 Å². The maximum atomic E-state index is 12.5. The predicted molar refractivity (Wildman–Crippen MR) is 105 cm³/mol. The topological polar surface area (TPSA) is 70.2 Å². The van der Waals surface area contributed by atoms with Crippen molar-refractivity contribution in [3.05, 3.63) is 95.7 Å². The monoisotopic (exact) mass is 357 g/mol. The van der Waals surface area contributed by atoms with Crippen LogP contribution in [-0.4, -0.2) is 11.9 Å². The summed E-state index contributed by atoms with van der Waals surface area (Å²) in [6, 6.07) is 22.9. The van der Waals surface area contributed by atoms with Crippen LogP contribution in [0.5, 0.6) is 0 Å². The van der Waals surface area contributed by atoms with E-state index in [2.05, 4.69) is 16.0 Å². The summed E-state index contributed by atoms with van der Waals surface area (Å²) in [6.45, 7) is 0.404. The molecule has 3 aromatic carbocycles. The van der Waals surface area contributed by atoms with Gasteiger partial charge in [0, 0.05) is 6.54 Å². The smallest absolute Gasteiger partial charge is 0.320 e. The molecule has 1 aliphatic rings. The Labute approximate surface area is 157 Å². The fourth-order valence-electron chi connectivity index (χ4n) is 3.14. The van der Waals surface area contributed by atoms with Gasteiger partial charge in [-0.2, -0.15) is 0 Å². The minimum atomic E-state index is -0.388. The SMILES string of the molecule is O=C1NC(C(=O)NCc2ccccc2)=CC(c2ccc3ccccc3c2)N1. The van der Waals surface area contributed by atoms with Gasteiger partial charge in [-0.15, -0.1) is 0 Å². The molecular formula is C22H19N3O2. The molecule has 1 heterocycles. The number of carbonyl (C=O) groups excluding carboxylic acids is 2. The van der Waals surface area contributed by atoms with Crippen LogP contribution < -0.4 is 16.0 Å². The van der Waals surface area contributed by atoms with Crippen molar-refractivity contribution in [2.75, 3.05) is 0 Å². The Bertz CT molecular complexity index is 1030. The largest absolute Gasteiger partial charge is 0.347 e. The number of nitrogens with one attached hydrogen (secondary N) is 3. The zero-order chi connectivity index (χ0) is 18.6. The number of amides is 3. The van der Waals surface area contributed by atoms with E-state index < -0.39 is 0 Å². The van der Waals surface area contributed by atoms with Gasteiger partial charge in [0.1, 0.15) is 5.70 Å². The van der Waals surface area contributed by atoms with Gasteiger partial charge in [0.05, 0.1) is 6.04 Å². The van der Waals surface area contributed by atoms with Gasteiger partial charge in [-0.25, -0.2) is 4.79 Å². The molecule has 5 nitrogen and oxygen atoms in total. The van der Waals surface area contributed by atoms with Crippen LogP contribution in [-0.2, 0) is 11.3 Å². The molecule has 0 radical (unpaired) electrons. The summed E-state index contributed by atoms with van der Waals surface area (Å²) in [5, 5.41) is 10.5. The molecule has 3 amide bonds. The van der Waals surface area contributed by atoms with E-state index in [4.69, 9.17) is 0 Å². The molecule has 0 bridgehead atoms. The molecule has 1 atom stereocenters. The van der Waals surface area contributed by atoms with Crippen LogP contribution in [0, 0.1) is 0 Å². The van der Waals surface area contributed by atoms with Gasteiger partial charge in [0.2, 0.25) is 0 Å². The molecule has 0 fully saturated rings. The third-order valence-corrected chi connectivity index (χ3v) is 4.54. The van der Waals surface area contributed by atoms with Crippen LogP contribution in [0.1, 0.15) is 17.2 Å². The van der Waals surface area contributed by atoms with Crippen molar-refractivity contribution >= 4 is 22.7 Å². The van der Waals surface area contributed by atoms with Crippen LogP contribution in [0.15, 0.2) is 84.6 Å². The van der Waals surface area contributed by atoms with Gasteiger partial charge in [0.15, 0.2) is 0 Å². The Kier molecular flexibility index (Phi) is 4.58. The number of rotatable bonds is 4. The van der Waals surface area contributed by atoms with E-state index in [9.17, 15) is 9.59 Å². The lowest BCUT2D eigenvalue weighted by atomic mass is 10.00. The summed E-state index contributed by atoms with van der Waals surface area (Å²) < 4.78 is 0. The lowest BCUT2D eigenvalue weighted by molar-refractivity contribution is -0.118. The Hall–Kier alpha value is -3.60. The van der Waals surface area contributed by atoms with Crippen LogP contribution in [0.3, 0.4) is 0 Å². The predicted octanol–water partition coefficient (Wildman–Crippen LogP) is 3.39. The molecule has 0 aromatic heterocycles. The van der Waals surface area contributed by atoms with Gasteiger partial charge in [-0.05, 0) is 34.0 Å². The third-order valence-electron chi connectivity index (χ3n) is 4.54. The van der Waals surface area contributed by atoms with Crippen molar-refractivity contribution in [1.82, 2.24) is 16.0 Å². The second kappa shape index (κ2) is 7.33. The number of fused-ring (bicyclic) bond motifs is 1. The molecular weight excluding hydrogens is 338 g/mol. The van der Waals surface area contributed by atoms with Crippen LogP contribution in [0.4, 0.5) is 4.79 Å². The van der Waals surface area contributed by atoms with Gasteiger partial charge >= 0.3 is 6.03 Å². The van der Waals surface area contributed by atoms with Crippen LogP contribution in [0.25, 0.3) is 10.8 Å². The molecule has 5 heteroatoms.